The third kappa shape index (κ3) is 6.38. The Kier molecular flexibility index (Phi) is 8.48. The van der Waals surface area contributed by atoms with E-state index in [4.69, 9.17) is 4.74 Å². The molecule has 1 unspecified atom stereocenters. The van der Waals surface area contributed by atoms with Crippen molar-refractivity contribution in [1.29, 1.82) is 5.26 Å². The highest BCUT2D eigenvalue weighted by molar-refractivity contribution is 5.90. The van der Waals surface area contributed by atoms with Crippen molar-refractivity contribution in [3.63, 3.8) is 0 Å². The number of carbonyl (C=O) groups excluding carboxylic acids is 1. The molecule has 5 rings (SSSR count). The number of rotatable bonds is 10. The number of nitrogens with zero attached hydrogens (tertiary/aromatic N) is 6. The van der Waals surface area contributed by atoms with Crippen molar-refractivity contribution in [2.45, 2.75) is 83.0 Å². The highest BCUT2D eigenvalue weighted by Gasteiger charge is 2.43. The van der Waals surface area contributed by atoms with Gasteiger partial charge in [0.1, 0.15) is 17.6 Å². The van der Waals surface area contributed by atoms with Crippen LogP contribution in [0, 0.1) is 17.2 Å². The average molecular weight is 584 g/mol. The Morgan fingerprint density at radius 1 is 1.16 bits per heavy atom. The second-order valence-electron chi connectivity index (χ2n) is 12.1. The number of hydrogen-bond donors (Lipinski definition) is 2. The molecule has 0 aliphatic heterocycles. The van der Waals surface area contributed by atoms with Gasteiger partial charge in [-0.1, -0.05) is 43.2 Å². The summed E-state index contributed by atoms with van der Waals surface area (Å²) in [5.41, 5.74) is 0.0497. The van der Waals surface area contributed by atoms with Crippen LogP contribution in [0.2, 0.25) is 0 Å². The summed E-state index contributed by atoms with van der Waals surface area (Å²) in [6.45, 7) is 5.41. The first-order valence-corrected chi connectivity index (χ1v) is 14.6. The fourth-order valence-corrected chi connectivity index (χ4v) is 6.02. The van der Waals surface area contributed by atoms with E-state index in [2.05, 4.69) is 26.5 Å². The van der Waals surface area contributed by atoms with Crippen molar-refractivity contribution in [2.75, 3.05) is 0 Å². The lowest BCUT2D eigenvalue weighted by molar-refractivity contribution is -0.146. The van der Waals surface area contributed by atoms with Gasteiger partial charge in [-0.25, -0.2) is 19.6 Å². The van der Waals surface area contributed by atoms with Gasteiger partial charge in [0.2, 0.25) is 0 Å². The standard InChI is InChI=1S/C32H37N7O4/c1-31(2,3)43-30(42)37-32(29(40)41,24-11-5-4-6-12-24)15-18-38-17-14-25-27(34-21-35-28(25)38)23-19-36-39(20-23)26(13-16-33)22-9-7-8-10-22/h4-6,11-12,14,17,19-22,26H,7-10,13,15,18H2,1-3H3,(H,37,42)(H,40,41)/t26-,32?/m1/s1. The van der Waals surface area contributed by atoms with Crippen molar-refractivity contribution in [3.8, 4) is 17.3 Å². The Balaban J connectivity index is 1.44. The summed E-state index contributed by atoms with van der Waals surface area (Å²) in [7, 11) is 0. The van der Waals surface area contributed by atoms with Gasteiger partial charge in [-0.3, -0.25) is 4.68 Å². The maximum absolute atomic E-state index is 12.9. The maximum Gasteiger partial charge on any atom is 0.408 e. The largest absolute Gasteiger partial charge is 0.479 e. The van der Waals surface area contributed by atoms with Crippen LogP contribution in [0.25, 0.3) is 22.3 Å². The Labute approximate surface area is 250 Å². The molecule has 11 heteroatoms. The van der Waals surface area contributed by atoms with Gasteiger partial charge in [0.05, 0.1) is 30.4 Å². The van der Waals surface area contributed by atoms with Gasteiger partial charge in [-0.05, 0) is 51.2 Å². The van der Waals surface area contributed by atoms with Crippen LogP contribution in [-0.4, -0.2) is 47.1 Å². The van der Waals surface area contributed by atoms with Gasteiger partial charge < -0.3 is 19.7 Å². The third-order valence-electron chi connectivity index (χ3n) is 8.09. The molecule has 1 fully saturated rings. The number of amides is 1. The highest BCUT2D eigenvalue weighted by atomic mass is 16.6. The van der Waals surface area contributed by atoms with E-state index in [1.165, 1.54) is 19.2 Å². The van der Waals surface area contributed by atoms with E-state index in [1.807, 2.05) is 27.7 Å². The van der Waals surface area contributed by atoms with E-state index >= 15 is 0 Å². The zero-order chi connectivity index (χ0) is 30.6. The average Bonchev–Trinajstić information content (AvgIpc) is 3.75. The minimum atomic E-state index is -1.74. The number of nitriles is 1. The lowest BCUT2D eigenvalue weighted by atomic mass is 9.86. The van der Waals surface area contributed by atoms with Crippen LogP contribution in [0.15, 0.2) is 61.3 Å². The van der Waals surface area contributed by atoms with Crippen molar-refractivity contribution in [2.24, 2.45) is 5.92 Å². The number of carbonyl (C=O) groups is 2. The Morgan fingerprint density at radius 3 is 2.58 bits per heavy atom. The molecule has 43 heavy (non-hydrogen) atoms. The van der Waals surface area contributed by atoms with Crippen molar-refractivity contribution < 1.29 is 19.4 Å². The monoisotopic (exact) mass is 583 g/mol. The summed E-state index contributed by atoms with van der Waals surface area (Å²) < 4.78 is 9.20. The fraction of sp³-hybridized carbons (Fsp3) is 0.438. The fourth-order valence-electron chi connectivity index (χ4n) is 6.02. The number of hydrogen-bond acceptors (Lipinski definition) is 7. The van der Waals surface area contributed by atoms with E-state index in [9.17, 15) is 20.0 Å². The molecular formula is C32H37N7O4. The zero-order valence-electron chi connectivity index (χ0n) is 24.7. The Morgan fingerprint density at radius 2 is 1.91 bits per heavy atom. The van der Waals surface area contributed by atoms with Gasteiger partial charge >= 0.3 is 12.1 Å². The zero-order valence-corrected chi connectivity index (χ0v) is 24.7. The van der Waals surface area contributed by atoms with Crippen LogP contribution in [-0.2, 0) is 21.6 Å². The predicted molar refractivity (Wildman–Crippen MR) is 160 cm³/mol. The highest BCUT2D eigenvalue weighted by Crippen LogP contribution is 2.37. The number of benzene rings is 1. The van der Waals surface area contributed by atoms with Gasteiger partial charge in [0, 0.05) is 36.3 Å². The van der Waals surface area contributed by atoms with Gasteiger partial charge in [-0.15, -0.1) is 0 Å². The van der Waals surface area contributed by atoms with E-state index in [1.54, 1.807) is 57.3 Å². The van der Waals surface area contributed by atoms with Gasteiger partial charge in [0.25, 0.3) is 0 Å². The number of fused-ring (bicyclic) bond motifs is 1. The second kappa shape index (κ2) is 12.3. The normalized spacial score (nSPS) is 16.0. The number of alkyl carbamates (subject to hydrolysis) is 1. The van der Waals surface area contributed by atoms with Gasteiger partial charge in [-0.2, -0.15) is 10.4 Å². The Hall–Kier alpha value is -4.72. The van der Waals surface area contributed by atoms with Crippen LogP contribution in [0.1, 0.15) is 70.9 Å². The SMILES string of the molecule is CC(C)(C)OC(=O)NC(CCn1ccc2c(-c3cnn([C@H](CC#N)C4CCCC4)c3)ncnc21)(C(=O)O)c1ccccc1. The lowest BCUT2D eigenvalue weighted by Crippen LogP contribution is -2.53. The summed E-state index contributed by atoms with van der Waals surface area (Å²) >= 11 is 0. The summed E-state index contributed by atoms with van der Waals surface area (Å²) in [5.74, 6) is -0.759. The summed E-state index contributed by atoms with van der Waals surface area (Å²) in [5, 5.41) is 28.0. The minimum absolute atomic E-state index is 0.0303. The number of nitrogens with one attached hydrogen (secondary N) is 1. The van der Waals surface area contributed by atoms with E-state index < -0.39 is 23.2 Å². The number of carboxylic acids is 1. The molecule has 224 valence electrons. The molecule has 0 radical (unpaired) electrons. The summed E-state index contributed by atoms with van der Waals surface area (Å²) in [6, 6.07) is 12.9. The summed E-state index contributed by atoms with van der Waals surface area (Å²) in [6.07, 6.45) is 11.2. The molecule has 1 aliphatic rings. The number of ether oxygens (including phenoxy) is 1. The van der Waals surface area contributed by atoms with Crippen molar-refractivity contribution >= 4 is 23.1 Å². The first-order valence-electron chi connectivity index (χ1n) is 14.6. The quantitative estimate of drug-likeness (QED) is 0.237. The van der Waals surface area contributed by atoms with Crippen LogP contribution in [0.4, 0.5) is 4.79 Å². The van der Waals surface area contributed by atoms with Gasteiger partial charge in [0.15, 0.2) is 5.54 Å². The molecule has 0 bridgehead atoms. The van der Waals surface area contributed by atoms with E-state index in [0.717, 1.165) is 23.8 Å². The summed E-state index contributed by atoms with van der Waals surface area (Å²) in [4.78, 5) is 34.8. The van der Waals surface area contributed by atoms with Crippen LogP contribution in [0.5, 0.6) is 0 Å². The Bertz CT molecular complexity index is 1630. The molecule has 1 amide bonds. The molecular weight excluding hydrogens is 546 g/mol. The minimum Gasteiger partial charge on any atom is -0.479 e. The van der Waals surface area contributed by atoms with E-state index in [-0.39, 0.29) is 19.0 Å². The first-order chi connectivity index (χ1) is 20.6. The van der Waals surface area contributed by atoms with Crippen molar-refractivity contribution in [3.05, 3.63) is 66.9 Å². The molecule has 2 N–H and O–H groups in total. The molecule has 0 spiro atoms. The number of aryl methyl sites for hydroxylation is 1. The van der Waals surface area contributed by atoms with E-state index in [0.29, 0.717) is 29.2 Å². The lowest BCUT2D eigenvalue weighted by Gasteiger charge is -2.32. The molecule has 0 saturated heterocycles. The molecule has 11 nitrogen and oxygen atoms in total. The molecule has 3 aromatic heterocycles. The predicted octanol–water partition coefficient (Wildman–Crippen LogP) is 5.83. The molecule has 3 heterocycles. The molecule has 1 aromatic carbocycles. The number of aromatic nitrogens is 5. The smallest absolute Gasteiger partial charge is 0.408 e. The number of carboxylic acid groups (broad SMARTS) is 1. The molecule has 1 aliphatic carbocycles. The van der Waals surface area contributed by atoms with Crippen LogP contribution in [0.3, 0.4) is 0 Å². The van der Waals surface area contributed by atoms with Crippen LogP contribution >= 0.6 is 0 Å². The number of aliphatic carboxylic acids is 1. The molecule has 1 saturated carbocycles. The second-order valence-corrected chi connectivity index (χ2v) is 12.1. The maximum atomic E-state index is 12.9. The first kappa shape index (κ1) is 29.8. The third-order valence-corrected chi connectivity index (χ3v) is 8.09. The molecule has 4 aromatic rings. The molecule has 2 atom stereocenters. The van der Waals surface area contributed by atoms with Crippen molar-refractivity contribution in [1.82, 2.24) is 29.6 Å². The topological polar surface area (TPSA) is 148 Å². The van der Waals surface area contributed by atoms with Crippen LogP contribution < -0.4 is 5.32 Å².